The van der Waals surface area contributed by atoms with Crippen molar-refractivity contribution in [3.05, 3.63) is 0 Å². The summed E-state index contributed by atoms with van der Waals surface area (Å²) in [5, 5.41) is 15.3. The first-order valence-electron chi connectivity index (χ1n) is 6.49. The van der Waals surface area contributed by atoms with Crippen molar-refractivity contribution in [2.75, 3.05) is 13.2 Å². The molecule has 5 nitrogen and oxygen atoms in total. The molecule has 0 aromatic carbocycles. The summed E-state index contributed by atoms with van der Waals surface area (Å²) in [5.74, 6) is 0.294. The highest BCUT2D eigenvalue weighted by Crippen LogP contribution is 2.26. The number of carbonyl (C=O) groups is 1. The minimum Gasteiger partial charge on any atom is -0.444 e. The van der Waals surface area contributed by atoms with Crippen molar-refractivity contribution in [2.24, 2.45) is 5.92 Å². The first-order valence-corrected chi connectivity index (χ1v) is 6.49. The van der Waals surface area contributed by atoms with E-state index in [0.29, 0.717) is 5.92 Å². The number of rotatable bonds is 3. The van der Waals surface area contributed by atoms with Gasteiger partial charge in [-0.25, -0.2) is 4.79 Å². The lowest BCUT2D eigenvalue weighted by molar-refractivity contribution is 0.0440. The molecule has 1 rings (SSSR count). The number of amides is 1. The zero-order valence-corrected chi connectivity index (χ0v) is 12.0. The third-order valence-corrected chi connectivity index (χ3v) is 3.29. The molecule has 0 bridgehead atoms. The molecule has 1 heterocycles. The van der Waals surface area contributed by atoms with Crippen LogP contribution in [0.15, 0.2) is 0 Å². The Balaban J connectivity index is 2.52. The van der Waals surface area contributed by atoms with E-state index in [1.807, 2.05) is 34.6 Å². The van der Waals surface area contributed by atoms with Crippen LogP contribution in [0.2, 0.25) is 0 Å². The number of ether oxygens (including phenoxy) is 1. The van der Waals surface area contributed by atoms with Crippen molar-refractivity contribution in [1.82, 2.24) is 10.6 Å². The molecule has 0 radical (unpaired) electrons. The Kier molecular flexibility index (Phi) is 4.61. The second-order valence-electron chi connectivity index (χ2n) is 6.57. The van der Waals surface area contributed by atoms with Crippen molar-refractivity contribution in [1.29, 1.82) is 0 Å². The lowest BCUT2D eigenvalue weighted by Gasteiger charge is -2.33. The number of alkyl carbamates (subject to hydrolysis) is 1. The first-order chi connectivity index (χ1) is 8.14. The Labute approximate surface area is 109 Å². The number of carbonyl (C=O) groups excluding carboxylic acids is 1. The summed E-state index contributed by atoms with van der Waals surface area (Å²) in [5.41, 5.74) is -0.832. The second kappa shape index (κ2) is 5.45. The standard InChI is InChI=1S/C13H26N2O3/c1-12(2,3)18-11(17)15-13(4,5)9-6-10(8-16)14-7-9/h9-10,14,16H,6-8H2,1-5H3,(H,15,17)/t9-,10-/m0/s1. The summed E-state index contributed by atoms with van der Waals surface area (Å²) >= 11 is 0. The van der Waals surface area contributed by atoms with Gasteiger partial charge in [0.25, 0.3) is 0 Å². The smallest absolute Gasteiger partial charge is 0.408 e. The average Bonchev–Trinajstić information content (AvgIpc) is 2.61. The molecule has 106 valence electrons. The number of aliphatic hydroxyl groups is 1. The predicted molar refractivity (Wildman–Crippen MR) is 70.4 cm³/mol. The highest BCUT2D eigenvalue weighted by atomic mass is 16.6. The molecular formula is C13H26N2O3. The van der Waals surface area contributed by atoms with Crippen molar-refractivity contribution >= 4 is 6.09 Å². The topological polar surface area (TPSA) is 70.6 Å². The fraction of sp³-hybridized carbons (Fsp3) is 0.923. The van der Waals surface area contributed by atoms with Crippen molar-refractivity contribution in [3.63, 3.8) is 0 Å². The quantitative estimate of drug-likeness (QED) is 0.713. The molecular weight excluding hydrogens is 232 g/mol. The Bertz CT molecular complexity index is 297. The van der Waals surface area contributed by atoms with Crippen LogP contribution in [0, 0.1) is 5.92 Å². The van der Waals surface area contributed by atoms with E-state index in [4.69, 9.17) is 9.84 Å². The van der Waals surface area contributed by atoms with Crippen LogP contribution >= 0.6 is 0 Å². The van der Waals surface area contributed by atoms with Crippen LogP contribution in [-0.2, 0) is 4.74 Å². The van der Waals surface area contributed by atoms with Crippen LogP contribution in [0.5, 0.6) is 0 Å². The molecule has 0 saturated carbocycles. The van der Waals surface area contributed by atoms with Gasteiger partial charge >= 0.3 is 6.09 Å². The molecule has 0 aromatic heterocycles. The molecule has 1 saturated heterocycles. The maximum Gasteiger partial charge on any atom is 0.408 e. The number of hydrogen-bond donors (Lipinski definition) is 3. The zero-order valence-electron chi connectivity index (χ0n) is 12.0. The third kappa shape index (κ3) is 4.46. The fourth-order valence-electron chi connectivity index (χ4n) is 2.18. The average molecular weight is 258 g/mol. The summed E-state index contributed by atoms with van der Waals surface area (Å²) in [7, 11) is 0. The molecule has 1 aliphatic heterocycles. The molecule has 18 heavy (non-hydrogen) atoms. The van der Waals surface area contributed by atoms with Gasteiger partial charge in [-0.1, -0.05) is 0 Å². The van der Waals surface area contributed by atoms with E-state index in [0.717, 1.165) is 13.0 Å². The van der Waals surface area contributed by atoms with Gasteiger partial charge in [0.2, 0.25) is 0 Å². The lowest BCUT2D eigenvalue weighted by Crippen LogP contribution is -2.51. The minimum absolute atomic E-state index is 0.134. The molecule has 0 aliphatic carbocycles. The van der Waals surface area contributed by atoms with Crippen molar-refractivity contribution < 1.29 is 14.6 Å². The van der Waals surface area contributed by atoms with Crippen LogP contribution < -0.4 is 10.6 Å². The van der Waals surface area contributed by atoms with E-state index >= 15 is 0 Å². The molecule has 3 N–H and O–H groups in total. The Morgan fingerprint density at radius 1 is 1.39 bits per heavy atom. The van der Waals surface area contributed by atoms with Crippen LogP contribution in [0.25, 0.3) is 0 Å². The number of nitrogens with one attached hydrogen (secondary N) is 2. The second-order valence-corrected chi connectivity index (χ2v) is 6.57. The summed E-state index contributed by atoms with van der Waals surface area (Å²) in [6.07, 6.45) is 0.471. The Hall–Kier alpha value is -0.810. The fourth-order valence-corrected chi connectivity index (χ4v) is 2.18. The molecule has 1 amide bonds. The van der Waals surface area contributed by atoms with Crippen LogP contribution in [-0.4, -0.2) is 41.5 Å². The largest absolute Gasteiger partial charge is 0.444 e. The van der Waals surface area contributed by atoms with Gasteiger partial charge in [0, 0.05) is 18.1 Å². The highest BCUT2D eigenvalue weighted by Gasteiger charge is 2.37. The zero-order chi connectivity index (χ0) is 14.0. The lowest BCUT2D eigenvalue weighted by atomic mass is 9.85. The monoisotopic (exact) mass is 258 g/mol. The summed E-state index contributed by atoms with van der Waals surface area (Å²) in [6.45, 7) is 10.5. The van der Waals surface area contributed by atoms with E-state index in [9.17, 15) is 4.79 Å². The molecule has 1 aliphatic rings. The maximum absolute atomic E-state index is 11.8. The maximum atomic E-state index is 11.8. The van der Waals surface area contributed by atoms with Crippen LogP contribution in [0.1, 0.15) is 41.0 Å². The molecule has 0 spiro atoms. The van der Waals surface area contributed by atoms with E-state index in [2.05, 4.69) is 10.6 Å². The summed E-state index contributed by atoms with van der Waals surface area (Å²) < 4.78 is 5.27. The van der Waals surface area contributed by atoms with Gasteiger partial charge < -0.3 is 20.5 Å². The van der Waals surface area contributed by atoms with E-state index in [1.165, 1.54) is 0 Å². The van der Waals surface area contributed by atoms with Crippen LogP contribution in [0.4, 0.5) is 4.79 Å². The van der Waals surface area contributed by atoms with Gasteiger partial charge in [-0.3, -0.25) is 0 Å². The third-order valence-electron chi connectivity index (χ3n) is 3.29. The van der Waals surface area contributed by atoms with Gasteiger partial charge in [0.15, 0.2) is 0 Å². The van der Waals surface area contributed by atoms with Gasteiger partial charge in [-0.2, -0.15) is 0 Å². The Morgan fingerprint density at radius 2 is 2.00 bits per heavy atom. The SMILES string of the molecule is CC(C)(C)OC(=O)NC(C)(C)[C@@H]1CN[C@H](CO)C1. The normalized spacial score (nSPS) is 25.0. The summed E-state index contributed by atoms with van der Waals surface area (Å²) in [4.78, 5) is 11.8. The van der Waals surface area contributed by atoms with Gasteiger partial charge in [0.05, 0.1) is 6.61 Å². The molecule has 0 aromatic rings. The molecule has 0 unspecified atom stereocenters. The highest BCUT2D eigenvalue weighted by molar-refractivity contribution is 5.68. The minimum atomic E-state index is -0.484. The number of hydrogen-bond acceptors (Lipinski definition) is 4. The van der Waals surface area contributed by atoms with Crippen molar-refractivity contribution in [3.8, 4) is 0 Å². The first kappa shape index (κ1) is 15.2. The Morgan fingerprint density at radius 3 is 2.44 bits per heavy atom. The molecule has 2 atom stereocenters. The predicted octanol–water partition coefficient (Wildman–Crippen LogP) is 1.26. The van der Waals surface area contributed by atoms with E-state index < -0.39 is 5.60 Å². The van der Waals surface area contributed by atoms with Gasteiger partial charge in [0.1, 0.15) is 5.60 Å². The van der Waals surface area contributed by atoms with Gasteiger partial charge in [-0.05, 0) is 47.0 Å². The summed E-state index contributed by atoms with van der Waals surface area (Å²) in [6, 6.07) is 0.134. The van der Waals surface area contributed by atoms with E-state index in [-0.39, 0.29) is 24.3 Å². The van der Waals surface area contributed by atoms with Gasteiger partial charge in [-0.15, -0.1) is 0 Å². The molecule has 5 heteroatoms. The molecule has 1 fully saturated rings. The van der Waals surface area contributed by atoms with E-state index in [1.54, 1.807) is 0 Å². The van der Waals surface area contributed by atoms with Crippen molar-refractivity contribution in [2.45, 2.75) is 58.2 Å². The number of aliphatic hydroxyl groups excluding tert-OH is 1. The van der Waals surface area contributed by atoms with Crippen LogP contribution in [0.3, 0.4) is 0 Å².